The lowest BCUT2D eigenvalue weighted by molar-refractivity contribution is -0.121. The van der Waals surface area contributed by atoms with Gasteiger partial charge in [-0.05, 0) is 36.2 Å². The molecule has 27 heavy (non-hydrogen) atoms. The highest BCUT2D eigenvalue weighted by Crippen LogP contribution is 2.21. The minimum atomic E-state index is -0.377. The van der Waals surface area contributed by atoms with Crippen LogP contribution in [0.4, 0.5) is 5.13 Å². The maximum atomic E-state index is 12.4. The zero-order chi connectivity index (χ0) is 19.2. The van der Waals surface area contributed by atoms with Gasteiger partial charge in [-0.3, -0.25) is 14.9 Å². The van der Waals surface area contributed by atoms with E-state index in [-0.39, 0.29) is 30.0 Å². The van der Waals surface area contributed by atoms with Gasteiger partial charge in [0, 0.05) is 10.4 Å². The van der Waals surface area contributed by atoms with Gasteiger partial charge in [0.15, 0.2) is 10.9 Å². The van der Waals surface area contributed by atoms with Gasteiger partial charge in [-0.2, -0.15) is 0 Å². The number of furan rings is 1. The van der Waals surface area contributed by atoms with Crippen LogP contribution in [0.1, 0.15) is 41.2 Å². The van der Waals surface area contributed by atoms with E-state index in [4.69, 9.17) is 16.0 Å². The van der Waals surface area contributed by atoms with Crippen molar-refractivity contribution in [3.63, 3.8) is 0 Å². The molecule has 140 valence electrons. The minimum absolute atomic E-state index is 0.118. The SMILES string of the molecule is CCC(NC(=O)Cc1csc(NC(=O)c2ccco2)n1)c1cccc(Cl)c1. The topological polar surface area (TPSA) is 84.2 Å². The van der Waals surface area contributed by atoms with Gasteiger partial charge in [0.1, 0.15) is 0 Å². The molecule has 2 N–H and O–H groups in total. The summed E-state index contributed by atoms with van der Waals surface area (Å²) in [6.07, 6.45) is 2.30. The summed E-state index contributed by atoms with van der Waals surface area (Å²) in [6.45, 7) is 2.00. The Kier molecular flexibility index (Phi) is 6.26. The van der Waals surface area contributed by atoms with E-state index in [1.54, 1.807) is 23.6 Å². The summed E-state index contributed by atoms with van der Waals surface area (Å²) in [5.41, 5.74) is 1.55. The predicted octanol–water partition coefficient (Wildman–Crippen LogP) is 4.45. The highest BCUT2D eigenvalue weighted by atomic mass is 35.5. The molecule has 0 radical (unpaired) electrons. The fourth-order valence-corrected chi connectivity index (χ4v) is 3.47. The summed E-state index contributed by atoms with van der Waals surface area (Å²) in [4.78, 5) is 28.6. The van der Waals surface area contributed by atoms with Gasteiger partial charge in [-0.1, -0.05) is 30.7 Å². The number of thiazole rings is 1. The number of hydrogen-bond donors (Lipinski definition) is 2. The Hall–Kier alpha value is -2.64. The molecule has 0 saturated carbocycles. The van der Waals surface area contributed by atoms with Crippen LogP contribution in [0.3, 0.4) is 0 Å². The Labute approximate surface area is 165 Å². The number of halogens is 1. The fourth-order valence-electron chi connectivity index (χ4n) is 2.57. The van der Waals surface area contributed by atoms with Gasteiger partial charge in [-0.25, -0.2) is 4.98 Å². The summed E-state index contributed by atoms with van der Waals surface area (Å²) in [6, 6.07) is 10.5. The van der Waals surface area contributed by atoms with Crippen molar-refractivity contribution in [3.05, 3.63) is 70.1 Å². The van der Waals surface area contributed by atoms with Crippen LogP contribution in [0.5, 0.6) is 0 Å². The maximum absolute atomic E-state index is 12.4. The number of anilines is 1. The Morgan fingerprint density at radius 2 is 2.15 bits per heavy atom. The van der Waals surface area contributed by atoms with Crippen molar-refractivity contribution in [3.8, 4) is 0 Å². The van der Waals surface area contributed by atoms with Crippen molar-refractivity contribution in [1.82, 2.24) is 10.3 Å². The van der Waals surface area contributed by atoms with Crippen LogP contribution in [-0.2, 0) is 11.2 Å². The second-order valence-corrected chi connectivity index (χ2v) is 7.13. The van der Waals surface area contributed by atoms with E-state index in [0.29, 0.717) is 15.8 Å². The summed E-state index contributed by atoms with van der Waals surface area (Å²) < 4.78 is 5.04. The number of amides is 2. The fraction of sp³-hybridized carbons (Fsp3) is 0.211. The number of nitrogens with one attached hydrogen (secondary N) is 2. The van der Waals surface area contributed by atoms with Crippen LogP contribution >= 0.6 is 22.9 Å². The van der Waals surface area contributed by atoms with Gasteiger partial charge in [-0.15, -0.1) is 11.3 Å². The lowest BCUT2D eigenvalue weighted by Crippen LogP contribution is -2.29. The Bertz CT molecular complexity index is 924. The van der Waals surface area contributed by atoms with Crippen LogP contribution < -0.4 is 10.6 Å². The zero-order valence-corrected chi connectivity index (χ0v) is 16.1. The zero-order valence-electron chi connectivity index (χ0n) is 14.6. The highest BCUT2D eigenvalue weighted by Gasteiger charge is 2.16. The molecule has 2 aromatic heterocycles. The summed E-state index contributed by atoms with van der Waals surface area (Å²) in [7, 11) is 0. The van der Waals surface area contributed by atoms with E-state index in [9.17, 15) is 9.59 Å². The molecule has 6 nitrogen and oxygen atoms in total. The number of aromatic nitrogens is 1. The van der Waals surface area contributed by atoms with Crippen molar-refractivity contribution >= 4 is 39.9 Å². The first-order valence-corrected chi connectivity index (χ1v) is 9.65. The molecule has 0 aliphatic rings. The Morgan fingerprint density at radius 1 is 1.30 bits per heavy atom. The van der Waals surface area contributed by atoms with Crippen molar-refractivity contribution in [1.29, 1.82) is 0 Å². The molecule has 0 bridgehead atoms. The average Bonchev–Trinajstić information content (AvgIpc) is 3.32. The van der Waals surface area contributed by atoms with E-state index in [0.717, 1.165) is 12.0 Å². The molecule has 2 heterocycles. The molecular formula is C19H18ClN3O3S. The van der Waals surface area contributed by atoms with E-state index < -0.39 is 0 Å². The standard InChI is InChI=1S/C19H18ClN3O3S/c1-2-15(12-5-3-6-13(20)9-12)22-17(24)10-14-11-27-19(21-14)23-18(25)16-7-4-8-26-16/h3-9,11,15H,2,10H2,1H3,(H,22,24)(H,21,23,25). The van der Waals surface area contributed by atoms with Gasteiger partial charge in [0.2, 0.25) is 5.91 Å². The van der Waals surface area contributed by atoms with Crippen LogP contribution in [0.15, 0.2) is 52.5 Å². The molecule has 3 rings (SSSR count). The second kappa shape index (κ2) is 8.83. The normalized spacial score (nSPS) is 11.8. The first-order valence-electron chi connectivity index (χ1n) is 8.39. The third-order valence-corrected chi connectivity index (χ3v) is 4.89. The van der Waals surface area contributed by atoms with Crippen molar-refractivity contribution in [2.45, 2.75) is 25.8 Å². The second-order valence-electron chi connectivity index (χ2n) is 5.84. The Balaban J connectivity index is 1.58. The number of carbonyl (C=O) groups excluding carboxylic acids is 2. The van der Waals surface area contributed by atoms with E-state index in [2.05, 4.69) is 15.6 Å². The largest absolute Gasteiger partial charge is 0.459 e. The van der Waals surface area contributed by atoms with Crippen LogP contribution in [-0.4, -0.2) is 16.8 Å². The summed E-state index contributed by atoms with van der Waals surface area (Å²) >= 11 is 7.29. The molecule has 0 saturated heterocycles. The minimum Gasteiger partial charge on any atom is -0.459 e. The number of benzene rings is 1. The molecule has 1 unspecified atom stereocenters. The first-order chi connectivity index (χ1) is 13.0. The summed E-state index contributed by atoms with van der Waals surface area (Å²) in [5, 5.41) is 8.45. The summed E-state index contributed by atoms with van der Waals surface area (Å²) in [5.74, 6) is -0.315. The average molecular weight is 404 g/mol. The third kappa shape index (κ3) is 5.18. The molecule has 1 aromatic carbocycles. The first kappa shape index (κ1) is 19.1. The number of hydrogen-bond acceptors (Lipinski definition) is 5. The van der Waals surface area contributed by atoms with Crippen molar-refractivity contribution < 1.29 is 14.0 Å². The van der Waals surface area contributed by atoms with Crippen molar-refractivity contribution in [2.75, 3.05) is 5.32 Å². The Morgan fingerprint density at radius 3 is 2.85 bits per heavy atom. The molecule has 1 atom stereocenters. The molecule has 0 aliphatic carbocycles. The molecule has 2 amide bonds. The maximum Gasteiger partial charge on any atom is 0.293 e. The third-order valence-electron chi connectivity index (χ3n) is 3.85. The van der Waals surface area contributed by atoms with Crippen molar-refractivity contribution in [2.24, 2.45) is 0 Å². The molecule has 0 aliphatic heterocycles. The number of carbonyl (C=O) groups is 2. The quantitative estimate of drug-likeness (QED) is 0.610. The molecule has 3 aromatic rings. The smallest absolute Gasteiger partial charge is 0.293 e. The lowest BCUT2D eigenvalue weighted by Gasteiger charge is -2.17. The van der Waals surface area contributed by atoms with E-state index in [1.165, 1.54) is 17.6 Å². The predicted molar refractivity (Wildman–Crippen MR) is 105 cm³/mol. The van der Waals surface area contributed by atoms with Gasteiger partial charge in [0.25, 0.3) is 5.91 Å². The molecule has 0 fully saturated rings. The van der Waals surface area contributed by atoms with Gasteiger partial charge >= 0.3 is 0 Å². The van der Waals surface area contributed by atoms with Crippen LogP contribution in [0, 0.1) is 0 Å². The van der Waals surface area contributed by atoms with Crippen LogP contribution in [0.2, 0.25) is 5.02 Å². The molecule has 0 spiro atoms. The van der Waals surface area contributed by atoms with Gasteiger partial charge in [0.05, 0.1) is 24.4 Å². The van der Waals surface area contributed by atoms with E-state index in [1.807, 2.05) is 25.1 Å². The number of nitrogens with zero attached hydrogens (tertiary/aromatic N) is 1. The van der Waals surface area contributed by atoms with Gasteiger partial charge < -0.3 is 9.73 Å². The molecule has 8 heteroatoms. The monoisotopic (exact) mass is 403 g/mol. The highest BCUT2D eigenvalue weighted by molar-refractivity contribution is 7.14. The van der Waals surface area contributed by atoms with E-state index >= 15 is 0 Å². The lowest BCUT2D eigenvalue weighted by atomic mass is 10.0. The van der Waals surface area contributed by atoms with Crippen LogP contribution in [0.25, 0.3) is 0 Å². The molecular weight excluding hydrogens is 386 g/mol. The number of rotatable bonds is 7.